The summed E-state index contributed by atoms with van der Waals surface area (Å²) in [6.07, 6.45) is 5.11. The first kappa shape index (κ1) is 16.5. The monoisotopic (exact) mass is 309 g/mol. The van der Waals surface area contributed by atoms with E-state index in [4.69, 9.17) is 9.47 Å². The molecule has 0 spiro atoms. The van der Waals surface area contributed by atoms with Crippen LogP contribution in [-0.4, -0.2) is 48.5 Å². The summed E-state index contributed by atoms with van der Waals surface area (Å²) in [6, 6.07) is -0.509. The van der Waals surface area contributed by atoms with E-state index in [0.717, 1.165) is 6.42 Å². The Labute approximate surface area is 130 Å². The van der Waals surface area contributed by atoms with E-state index in [9.17, 15) is 14.4 Å². The van der Waals surface area contributed by atoms with Gasteiger partial charge < -0.3 is 14.4 Å². The lowest BCUT2D eigenvalue weighted by atomic mass is 10.1. The van der Waals surface area contributed by atoms with Gasteiger partial charge >= 0.3 is 11.9 Å². The van der Waals surface area contributed by atoms with Gasteiger partial charge in [-0.3, -0.25) is 9.59 Å². The van der Waals surface area contributed by atoms with E-state index in [1.807, 2.05) is 13.0 Å². The van der Waals surface area contributed by atoms with Gasteiger partial charge in [0.2, 0.25) is 5.91 Å². The first-order valence-corrected chi connectivity index (χ1v) is 7.78. The van der Waals surface area contributed by atoms with E-state index in [1.54, 1.807) is 17.9 Å². The lowest BCUT2D eigenvalue weighted by Crippen LogP contribution is -2.45. The highest BCUT2D eigenvalue weighted by molar-refractivity contribution is 5.86. The third kappa shape index (κ3) is 4.08. The molecule has 22 heavy (non-hydrogen) atoms. The maximum Gasteiger partial charge on any atom is 0.328 e. The van der Waals surface area contributed by atoms with Crippen LogP contribution in [0.25, 0.3) is 0 Å². The molecule has 2 rings (SSSR count). The zero-order chi connectivity index (χ0) is 16.1. The molecule has 0 aromatic carbocycles. The fraction of sp³-hybridized carbons (Fsp3) is 0.688. The summed E-state index contributed by atoms with van der Waals surface area (Å²) in [5, 5.41) is 0. The molecule has 0 radical (unpaired) electrons. The van der Waals surface area contributed by atoms with Crippen LogP contribution in [0.4, 0.5) is 0 Å². The molecule has 0 N–H and O–H groups in total. The summed E-state index contributed by atoms with van der Waals surface area (Å²) in [5.41, 5.74) is 0. The highest BCUT2D eigenvalue weighted by Gasteiger charge is 2.37. The minimum absolute atomic E-state index is 0.0177. The maximum absolute atomic E-state index is 12.4. The van der Waals surface area contributed by atoms with Gasteiger partial charge in [-0.25, -0.2) is 4.79 Å². The Morgan fingerprint density at radius 3 is 2.68 bits per heavy atom. The largest absolute Gasteiger partial charge is 0.465 e. The molecule has 1 fully saturated rings. The van der Waals surface area contributed by atoms with Gasteiger partial charge in [-0.05, 0) is 12.8 Å². The van der Waals surface area contributed by atoms with Gasteiger partial charge in [0.25, 0.3) is 0 Å². The molecular weight excluding hydrogens is 286 g/mol. The van der Waals surface area contributed by atoms with Crippen molar-refractivity contribution in [3.63, 3.8) is 0 Å². The third-order valence-electron chi connectivity index (χ3n) is 3.96. The van der Waals surface area contributed by atoms with Crippen molar-refractivity contribution in [3.8, 4) is 0 Å². The number of fused-ring (bicyclic) bond motifs is 1. The minimum atomic E-state index is -0.509. The van der Waals surface area contributed by atoms with Crippen molar-refractivity contribution < 1.29 is 23.9 Å². The predicted octanol–water partition coefficient (Wildman–Crippen LogP) is 1.30. The van der Waals surface area contributed by atoms with Crippen LogP contribution in [0.3, 0.4) is 0 Å². The lowest BCUT2D eigenvalue weighted by molar-refractivity contribution is -0.157. The van der Waals surface area contributed by atoms with Crippen LogP contribution in [0.5, 0.6) is 0 Å². The third-order valence-corrected chi connectivity index (χ3v) is 3.96. The van der Waals surface area contributed by atoms with Gasteiger partial charge in [-0.15, -0.1) is 0 Å². The van der Waals surface area contributed by atoms with Crippen molar-refractivity contribution in [3.05, 3.63) is 12.2 Å². The van der Waals surface area contributed by atoms with E-state index >= 15 is 0 Å². The molecule has 0 saturated carbocycles. The van der Waals surface area contributed by atoms with Gasteiger partial charge in [0, 0.05) is 12.5 Å². The number of hydrogen-bond donors (Lipinski definition) is 0. The standard InChI is InChI=1S/C16H23NO5/c1-11-5-3-7-14(18)21-10-12(2)15(19)17-8-4-6-13(17)16(20)22-9-11/h3,5,11-13H,4,6-10H2,1-2H3/b5-3-/t11-,12-,13+/m0/s1. The molecule has 1 saturated heterocycles. The Kier molecular flexibility index (Phi) is 5.57. The topological polar surface area (TPSA) is 72.9 Å². The fourth-order valence-electron chi connectivity index (χ4n) is 2.67. The number of rotatable bonds is 0. The Morgan fingerprint density at radius 2 is 1.91 bits per heavy atom. The van der Waals surface area contributed by atoms with Crippen molar-refractivity contribution in [2.24, 2.45) is 11.8 Å². The van der Waals surface area contributed by atoms with Crippen LogP contribution in [0.2, 0.25) is 0 Å². The van der Waals surface area contributed by atoms with Gasteiger partial charge in [0.15, 0.2) is 0 Å². The van der Waals surface area contributed by atoms with Crippen LogP contribution >= 0.6 is 0 Å². The van der Waals surface area contributed by atoms with Gasteiger partial charge in [0.05, 0.1) is 18.9 Å². The molecule has 0 aromatic rings. The van der Waals surface area contributed by atoms with E-state index in [0.29, 0.717) is 13.0 Å². The van der Waals surface area contributed by atoms with Gasteiger partial charge in [0.1, 0.15) is 12.6 Å². The molecule has 0 aromatic heterocycles. The molecule has 6 nitrogen and oxygen atoms in total. The highest BCUT2D eigenvalue weighted by Crippen LogP contribution is 2.21. The van der Waals surface area contributed by atoms with Crippen molar-refractivity contribution in [1.29, 1.82) is 0 Å². The quantitative estimate of drug-likeness (QED) is 0.498. The summed E-state index contributed by atoms with van der Waals surface area (Å²) < 4.78 is 10.4. The summed E-state index contributed by atoms with van der Waals surface area (Å²) in [7, 11) is 0. The van der Waals surface area contributed by atoms with E-state index in [2.05, 4.69) is 0 Å². The second kappa shape index (κ2) is 7.42. The van der Waals surface area contributed by atoms with E-state index in [1.165, 1.54) is 0 Å². The van der Waals surface area contributed by atoms with Crippen molar-refractivity contribution in [2.45, 2.75) is 39.2 Å². The summed E-state index contributed by atoms with van der Waals surface area (Å²) in [4.78, 5) is 37.8. The second-order valence-corrected chi connectivity index (χ2v) is 6.01. The molecule has 6 heteroatoms. The highest BCUT2D eigenvalue weighted by atomic mass is 16.5. The minimum Gasteiger partial charge on any atom is -0.465 e. The predicted molar refractivity (Wildman–Crippen MR) is 78.7 cm³/mol. The second-order valence-electron chi connectivity index (χ2n) is 6.01. The molecule has 1 amide bonds. The maximum atomic E-state index is 12.4. The van der Waals surface area contributed by atoms with Gasteiger partial charge in [-0.1, -0.05) is 26.0 Å². The summed E-state index contributed by atoms with van der Waals surface area (Å²) >= 11 is 0. The number of nitrogens with zero attached hydrogens (tertiary/aromatic N) is 1. The van der Waals surface area contributed by atoms with Crippen LogP contribution in [0.1, 0.15) is 33.1 Å². The van der Waals surface area contributed by atoms with Crippen molar-refractivity contribution in [2.75, 3.05) is 19.8 Å². The van der Waals surface area contributed by atoms with Crippen LogP contribution in [-0.2, 0) is 23.9 Å². The van der Waals surface area contributed by atoms with Gasteiger partial charge in [-0.2, -0.15) is 0 Å². The number of ether oxygens (including phenoxy) is 2. The number of carbonyl (C=O) groups excluding carboxylic acids is 3. The number of hydrogen-bond acceptors (Lipinski definition) is 5. The molecular formula is C16H23NO5. The molecule has 0 bridgehead atoms. The average Bonchev–Trinajstić information content (AvgIpc) is 2.98. The van der Waals surface area contributed by atoms with Crippen molar-refractivity contribution >= 4 is 17.8 Å². The lowest BCUT2D eigenvalue weighted by Gasteiger charge is -2.26. The Bertz CT molecular complexity index is 473. The van der Waals surface area contributed by atoms with Crippen LogP contribution in [0, 0.1) is 11.8 Å². The molecule has 2 aliphatic rings. The molecule has 122 valence electrons. The Hall–Kier alpha value is -1.85. The summed E-state index contributed by atoms with van der Waals surface area (Å²) in [5.74, 6) is -1.29. The first-order chi connectivity index (χ1) is 10.5. The molecule has 0 aliphatic carbocycles. The van der Waals surface area contributed by atoms with E-state index in [-0.39, 0.29) is 43.4 Å². The van der Waals surface area contributed by atoms with E-state index < -0.39 is 12.0 Å². The number of carbonyl (C=O) groups is 3. The molecule has 3 atom stereocenters. The molecule has 0 unspecified atom stereocenters. The first-order valence-electron chi connectivity index (χ1n) is 7.78. The summed E-state index contributed by atoms with van der Waals surface area (Å²) in [6.45, 7) is 4.45. The SMILES string of the molecule is C[C@H]1/C=C\CC(=O)OC[C@H](C)C(=O)N2CCC[C@@H]2C(=O)OC1. The number of cyclic esters (lactones) is 2. The average molecular weight is 309 g/mol. The zero-order valence-corrected chi connectivity index (χ0v) is 13.1. The fourth-order valence-corrected chi connectivity index (χ4v) is 2.67. The Morgan fingerprint density at radius 1 is 1.14 bits per heavy atom. The number of esters is 2. The zero-order valence-electron chi connectivity index (χ0n) is 13.1. The normalized spacial score (nSPS) is 32.7. The van der Waals surface area contributed by atoms with Crippen LogP contribution in [0.15, 0.2) is 12.2 Å². The van der Waals surface area contributed by atoms with Crippen molar-refractivity contribution in [1.82, 2.24) is 4.90 Å². The van der Waals surface area contributed by atoms with Crippen LogP contribution < -0.4 is 0 Å². The molecule has 2 heterocycles. The number of amides is 1. The Balaban J connectivity index is 2.13. The smallest absolute Gasteiger partial charge is 0.328 e. The molecule has 2 aliphatic heterocycles.